The first-order valence-corrected chi connectivity index (χ1v) is 8.04. The van der Waals surface area contributed by atoms with Crippen LogP contribution in [0.15, 0.2) is 16.8 Å². The minimum atomic E-state index is -0.347. The second kappa shape index (κ2) is 5.27. The fourth-order valence-corrected chi connectivity index (χ4v) is 3.22. The second-order valence-electron chi connectivity index (χ2n) is 5.54. The highest BCUT2D eigenvalue weighted by molar-refractivity contribution is 7.15. The third-order valence-corrected chi connectivity index (χ3v) is 4.52. The molecule has 0 atom stereocenters. The van der Waals surface area contributed by atoms with E-state index in [0.717, 1.165) is 10.6 Å². The Balaban J connectivity index is 1.51. The topological polar surface area (TPSA) is 98.7 Å². The number of amides is 1. The zero-order valence-corrected chi connectivity index (χ0v) is 13.4. The lowest BCUT2D eigenvalue weighted by Gasteiger charge is -1.96. The van der Waals surface area contributed by atoms with Gasteiger partial charge >= 0.3 is 0 Å². The number of nitrogens with one attached hydrogen (secondary N) is 1. The number of nitrogens with zero attached hydrogens (tertiary/aromatic N) is 5. The van der Waals surface area contributed by atoms with Gasteiger partial charge in [-0.15, -0.1) is 16.4 Å². The molecule has 0 aromatic carbocycles. The SMILES string of the molecule is Cc1sc(NC(=O)c2cc(-c3cn(C)nn3)on2)nc1C1CC1. The molecule has 1 amide bonds. The van der Waals surface area contributed by atoms with Crippen LogP contribution in [0.5, 0.6) is 0 Å². The number of hydrogen-bond acceptors (Lipinski definition) is 7. The van der Waals surface area contributed by atoms with Gasteiger partial charge < -0.3 is 4.52 Å². The smallest absolute Gasteiger partial charge is 0.279 e. The van der Waals surface area contributed by atoms with E-state index in [1.54, 1.807) is 24.0 Å². The summed E-state index contributed by atoms with van der Waals surface area (Å²) in [5, 5.41) is 14.9. The Labute approximate surface area is 135 Å². The van der Waals surface area contributed by atoms with Gasteiger partial charge in [0.05, 0.1) is 11.9 Å². The highest BCUT2D eigenvalue weighted by atomic mass is 32.1. The number of anilines is 1. The van der Waals surface area contributed by atoms with E-state index < -0.39 is 0 Å². The van der Waals surface area contributed by atoms with Gasteiger partial charge in [0.15, 0.2) is 22.3 Å². The molecule has 23 heavy (non-hydrogen) atoms. The number of carbonyl (C=O) groups is 1. The molecule has 8 nitrogen and oxygen atoms in total. The van der Waals surface area contributed by atoms with Crippen molar-refractivity contribution in [3.05, 3.63) is 28.5 Å². The van der Waals surface area contributed by atoms with Gasteiger partial charge in [-0.2, -0.15) is 0 Å². The summed E-state index contributed by atoms with van der Waals surface area (Å²) in [5.74, 6) is 0.615. The number of thiazole rings is 1. The number of aromatic nitrogens is 5. The lowest BCUT2D eigenvalue weighted by molar-refractivity contribution is 0.101. The standard InChI is InChI=1S/C14H14N6O2S/c1-7-12(8-3-4-8)15-14(23-7)16-13(21)9-5-11(22-18-9)10-6-20(2)19-17-10/h5-6,8H,3-4H2,1-2H3,(H,15,16,21). The highest BCUT2D eigenvalue weighted by Gasteiger charge is 2.28. The van der Waals surface area contributed by atoms with Crippen LogP contribution in [0.4, 0.5) is 5.13 Å². The fourth-order valence-electron chi connectivity index (χ4n) is 2.32. The Morgan fingerprint density at radius 2 is 2.30 bits per heavy atom. The van der Waals surface area contributed by atoms with Crippen LogP contribution >= 0.6 is 11.3 Å². The minimum absolute atomic E-state index is 0.187. The van der Waals surface area contributed by atoms with E-state index in [2.05, 4.69) is 25.8 Å². The predicted molar refractivity (Wildman–Crippen MR) is 83.3 cm³/mol. The maximum atomic E-state index is 12.3. The normalized spacial score (nSPS) is 14.2. The summed E-state index contributed by atoms with van der Waals surface area (Å²) in [6.07, 6.45) is 4.06. The molecule has 118 valence electrons. The van der Waals surface area contributed by atoms with Crippen molar-refractivity contribution in [2.24, 2.45) is 7.05 Å². The molecule has 0 unspecified atom stereocenters. The van der Waals surface area contributed by atoms with Crippen LogP contribution in [-0.4, -0.2) is 31.0 Å². The van der Waals surface area contributed by atoms with Gasteiger partial charge in [-0.3, -0.25) is 14.8 Å². The van der Waals surface area contributed by atoms with E-state index in [0.29, 0.717) is 22.5 Å². The Morgan fingerprint density at radius 3 is 3.00 bits per heavy atom. The summed E-state index contributed by atoms with van der Waals surface area (Å²) in [6, 6.07) is 1.54. The zero-order chi connectivity index (χ0) is 16.0. The average Bonchev–Trinajstić information content (AvgIpc) is 2.93. The zero-order valence-electron chi connectivity index (χ0n) is 12.6. The van der Waals surface area contributed by atoms with Crippen molar-refractivity contribution in [1.29, 1.82) is 0 Å². The van der Waals surface area contributed by atoms with Gasteiger partial charge in [0.25, 0.3) is 5.91 Å². The van der Waals surface area contributed by atoms with Crippen LogP contribution in [0.1, 0.15) is 39.8 Å². The molecular weight excluding hydrogens is 316 g/mol. The summed E-state index contributed by atoms with van der Waals surface area (Å²) in [6.45, 7) is 2.03. The molecule has 3 aromatic heterocycles. The van der Waals surface area contributed by atoms with Gasteiger partial charge in [0, 0.05) is 23.9 Å². The van der Waals surface area contributed by atoms with Crippen molar-refractivity contribution < 1.29 is 9.32 Å². The van der Waals surface area contributed by atoms with Gasteiger partial charge in [-0.05, 0) is 19.8 Å². The van der Waals surface area contributed by atoms with Crippen molar-refractivity contribution in [2.45, 2.75) is 25.7 Å². The highest BCUT2D eigenvalue weighted by Crippen LogP contribution is 2.43. The molecule has 1 fully saturated rings. The summed E-state index contributed by atoms with van der Waals surface area (Å²) >= 11 is 1.49. The number of hydrogen-bond donors (Lipinski definition) is 1. The van der Waals surface area contributed by atoms with Crippen LogP contribution in [0.2, 0.25) is 0 Å². The van der Waals surface area contributed by atoms with Crippen molar-refractivity contribution in [2.75, 3.05) is 5.32 Å². The molecule has 4 rings (SSSR count). The Kier molecular flexibility index (Phi) is 3.22. The van der Waals surface area contributed by atoms with Crippen molar-refractivity contribution >= 4 is 22.4 Å². The maximum absolute atomic E-state index is 12.3. The van der Waals surface area contributed by atoms with Crippen LogP contribution in [0.3, 0.4) is 0 Å². The van der Waals surface area contributed by atoms with Gasteiger partial charge in [-0.25, -0.2) is 4.98 Å². The average molecular weight is 330 g/mol. The summed E-state index contributed by atoms with van der Waals surface area (Å²) in [7, 11) is 1.75. The van der Waals surface area contributed by atoms with Crippen molar-refractivity contribution in [3.63, 3.8) is 0 Å². The molecule has 9 heteroatoms. The molecular formula is C14H14N6O2S. The Morgan fingerprint density at radius 1 is 1.48 bits per heavy atom. The predicted octanol–water partition coefficient (Wildman–Crippen LogP) is 2.36. The molecule has 0 bridgehead atoms. The molecule has 0 saturated heterocycles. The largest absolute Gasteiger partial charge is 0.354 e. The number of aryl methyl sites for hydroxylation is 2. The third-order valence-electron chi connectivity index (χ3n) is 3.61. The molecule has 1 aliphatic carbocycles. The summed E-state index contributed by atoms with van der Waals surface area (Å²) in [4.78, 5) is 17.9. The van der Waals surface area contributed by atoms with Crippen LogP contribution < -0.4 is 5.32 Å². The van der Waals surface area contributed by atoms with Crippen molar-refractivity contribution in [3.8, 4) is 11.5 Å². The maximum Gasteiger partial charge on any atom is 0.279 e. The van der Waals surface area contributed by atoms with Gasteiger partial charge in [0.2, 0.25) is 0 Å². The Hall–Kier alpha value is -2.55. The number of carbonyl (C=O) groups excluding carboxylic acids is 1. The molecule has 1 aliphatic rings. The van der Waals surface area contributed by atoms with Gasteiger partial charge in [0.1, 0.15) is 0 Å². The molecule has 1 N–H and O–H groups in total. The lowest BCUT2D eigenvalue weighted by Crippen LogP contribution is -2.11. The first-order chi connectivity index (χ1) is 11.1. The first kappa shape index (κ1) is 14.1. The molecule has 0 aliphatic heterocycles. The monoisotopic (exact) mass is 330 g/mol. The summed E-state index contributed by atoms with van der Waals surface area (Å²) in [5.41, 5.74) is 1.82. The second-order valence-corrected chi connectivity index (χ2v) is 6.75. The molecule has 1 saturated carbocycles. The molecule has 0 radical (unpaired) electrons. The third kappa shape index (κ3) is 2.74. The van der Waals surface area contributed by atoms with Crippen LogP contribution in [0, 0.1) is 6.92 Å². The van der Waals surface area contributed by atoms with E-state index in [-0.39, 0.29) is 11.6 Å². The molecule has 3 heterocycles. The van der Waals surface area contributed by atoms with Crippen LogP contribution in [0.25, 0.3) is 11.5 Å². The summed E-state index contributed by atoms with van der Waals surface area (Å²) < 4.78 is 6.71. The quantitative estimate of drug-likeness (QED) is 0.788. The number of rotatable bonds is 4. The molecule has 0 spiro atoms. The van der Waals surface area contributed by atoms with E-state index in [1.807, 2.05) is 6.92 Å². The van der Waals surface area contributed by atoms with E-state index in [4.69, 9.17) is 4.52 Å². The van der Waals surface area contributed by atoms with Gasteiger partial charge in [-0.1, -0.05) is 10.4 Å². The van der Waals surface area contributed by atoms with Crippen molar-refractivity contribution in [1.82, 2.24) is 25.1 Å². The van der Waals surface area contributed by atoms with E-state index in [1.165, 1.54) is 24.2 Å². The fraction of sp³-hybridized carbons (Fsp3) is 0.357. The minimum Gasteiger partial charge on any atom is -0.354 e. The van der Waals surface area contributed by atoms with Crippen LogP contribution in [-0.2, 0) is 7.05 Å². The Bertz CT molecular complexity index is 876. The lowest BCUT2D eigenvalue weighted by atomic mass is 10.3. The van der Waals surface area contributed by atoms with E-state index in [9.17, 15) is 4.79 Å². The van der Waals surface area contributed by atoms with E-state index >= 15 is 0 Å². The molecule has 3 aromatic rings. The first-order valence-electron chi connectivity index (χ1n) is 7.22.